The van der Waals surface area contributed by atoms with Crippen molar-refractivity contribution in [2.45, 2.75) is 32.2 Å². The van der Waals surface area contributed by atoms with Crippen LogP contribution in [0.1, 0.15) is 45.2 Å². The van der Waals surface area contributed by atoms with Crippen LogP contribution >= 0.6 is 11.3 Å². The quantitative estimate of drug-likeness (QED) is 0.886. The summed E-state index contributed by atoms with van der Waals surface area (Å²) in [4.78, 5) is 12.5. The molecule has 1 aromatic carbocycles. The minimum atomic E-state index is -0.0317. The summed E-state index contributed by atoms with van der Waals surface area (Å²) in [6, 6.07) is 7.89. The van der Waals surface area contributed by atoms with Gasteiger partial charge in [-0.05, 0) is 36.9 Å². The van der Waals surface area contributed by atoms with Gasteiger partial charge in [0.15, 0.2) is 0 Å². The Morgan fingerprint density at radius 2 is 2.18 bits per heavy atom. The lowest BCUT2D eigenvalue weighted by molar-refractivity contribution is 0.0949. The normalized spacial score (nSPS) is 17.6. The van der Waals surface area contributed by atoms with Crippen LogP contribution in [0.3, 0.4) is 0 Å². The Balaban J connectivity index is 1.69. The lowest BCUT2D eigenvalue weighted by atomic mass is 9.93. The van der Waals surface area contributed by atoms with Crippen LogP contribution in [0.4, 0.5) is 0 Å². The number of hydrogen-bond acceptors (Lipinski definition) is 5. The Kier molecular flexibility index (Phi) is 4.80. The third-order valence-corrected chi connectivity index (χ3v) is 4.98. The summed E-state index contributed by atoms with van der Waals surface area (Å²) in [5.41, 5.74) is 1.91. The molecule has 116 valence electrons. The van der Waals surface area contributed by atoms with Crippen LogP contribution in [0.15, 0.2) is 24.3 Å². The maximum Gasteiger partial charge on any atom is 0.251 e. The van der Waals surface area contributed by atoms with E-state index in [9.17, 15) is 4.79 Å². The van der Waals surface area contributed by atoms with Gasteiger partial charge in [-0.25, -0.2) is 0 Å². The molecule has 1 aromatic heterocycles. The average molecular weight is 316 g/mol. The summed E-state index contributed by atoms with van der Waals surface area (Å²) in [7, 11) is 0. The van der Waals surface area contributed by atoms with Crippen molar-refractivity contribution in [3.05, 3.63) is 45.4 Å². The molecule has 6 heteroatoms. The zero-order valence-corrected chi connectivity index (χ0v) is 13.4. The fraction of sp³-hybridized carbons (Fsp3) is 0.438. The van der Waals surface area contributed by atoms with Gasteiger partial charge in [0.05, 0.1) is 6.54 Å². The maximum absolute atomic E-state index is 12.5. The number of amides is 1. The van der Waals surface area contributed by atoms with Crippen molar-refractivity contribution >= 4 is 17.2 Å². The molecule has 0 aliphatic carbocycles. The van der Waals surface area contributed by atoms with E-state index in [1.54, 1.807) is 11.3 Å². The molecule has 2 aromatic rings. The molecule has 2 N–H and O–H groups in total. The number of carbonyl (C=O) groups is 1. The molecule has 22 heavy (non-hydrogen) atoms. The number of aryl methyl sites for hydroxylation is 1. The van der Waals surface area contributed by atoms with E-state index in [1.807, 2.05) is 18.2 Å². The zero-order chi connectivity index (χ0) is 15.4. The molecule has 1 aliphatic rings. The first kappa shape index (κ1) is 15.1. The van der Waals surface area contributed by atoms with Crippen LogP contribution in [0, 0.1) is 0 Å². The van der Waals surface area contributed by atoms with E-state index in [1.165, 1.54) is 0 Å². The number of aromatic nitrogens is 2. The van der Waals surface area contributed by atoms with Crippen LogP contribution in [-0.4, -0.2) is 29.2 Å². The fourth-order valence-corrected chi connectivity index (χ4v) is 3.46. The SMILES string of the molecule is CCc1nnc(CNC(=O)c2ccccc2[C@H]2CCNC2)s1. The van der Waals surface area contributed by atoms with E-state index in [0.717, 1.165) is 47.1 Å². The van der Waals surface area contributed by atoms with Gasteiger partial charge in [0.25, 0.3) is 5.91 Å². The van der Waals surface area contributed by atoms with Gasteiger partial charge in [-0.15, -0.1) is 10.2 Å². The third-order valence-electron chi connectivity index (χ3n) is 3.92. The molecule has 3 rings (SSSR count). The topological polar surface area (TPSA) is 66.9 Å². The molecule has 0 unspecified atom stereocenters. The predicted octanol–water partition coefficient (Wildman–Crippen LogP) is 2.11. The fourth-order valence-electron chi connectivity index (χ4n) is 2.73. The highest BCUT2D eigenvalue weighted by atomic mass is 32.1. The number of hydrogen-bond donors (Lipinski definition) is 2. The van der Waals surface area contributed by atoms with E-state index < -0.39 is 0 Å². The van der Waals surface area contributed by atoms with Gasteiger partial charge < -0.3 is 10.6 Å². The minimum absolute atomic E-state index is 0.0317. The van der Waals surface area contributed by atoms with E-state index in [-0.39, 0.29) is 5.91 Å². The van der Waals surface area contributed by atoms with E-state index in [4.69, 9.17) is 0 Å². The summed E-state index contributed by atoms with van der Waals surface area (Å²) < 4.78 is 0. The average Bonchev–Trinajstić information content (AvgIpc) is 3.24. The molecule has 1 aliphatic heterocycles. The van der Waals surface area contributed by atoms with Gasteiger partial charge in [0.1, 0.15) is 10.0 Å². The molecular weight excluding hydrogens is 296 g/mol. The highest BCUT2D eigenvalue weighted by Crippen LogP contribution is 2.25. The van der Waals surface area contributed by atoms with Crippen molar-refractivity contribution in [3.63, 3.8) is 0 Å². The Morgan fingerprint density at radius 1 is 1.36 bits per heavy atom. The first-order valence-electron chi connectivity index (χ1n) is 7.67. The largest absolute Gasteiger partial charge is 0.345 e. The number of rotatable bonds is 5. The van der Waals surface area contributed by atoms with Crippen LogP contribution in [0.25, 0.3) is 0 Å². The first-order valence-corrected chi connectivity index (χ1v) is 8.48. The molecule has 1 amide bonds. The Bertz CT molecular complexity index is 649. The molecule has 2 heterocycles. The number of carbonyl (C=O) groups excluding carboxylic acids is 1. The second-order valence-electron chi connectivity index (χ2n) is 5.40. The highest BCUT2D eigenvalue weighted by molar-refractivity contribution is 7.11. The van der Waals surface area contributed by atoms with Crippen molar-refractivity contribution in [2.75, 3.05) is 13.1 Å². The molecule has 0 spiro atoms. The lowest BCUT2D eigenvalue weighted by Crippen LogP contribution is -2.24. The van der Waals surface area contributed by atoms with Crippen LogP contribution < -0.4 is 10.6 Å². The number of benzene rings is 1. The summed E-state index contributed by atoms with van der Waals surface area (Å²) in [5.74, 6) is 0.394. The van der Waals surface area contributed by atoms with Crippen molar-refractivity contribution in [3.8, 4) is 0 Å². The Morgan fingerprint density at radius 3 is 2.91 bits per heavy atom. The van der Waals surface area contributed by atoms with Gasteiger partial charge in [-0.3, -0.25) is 4.79 Å². The molecule has 0 bridgehead atoms. The Labute approximate surface area is 134 Å². The van der Waals surface area contributed by atoms with Crippen LogP contribution in [0.2, 0.25) is 0 Å². The first-order chi connectivity index (χ1) is 10.8. The van der Waals surface area contributed by atoms with Crippen molar-refractivity contribution in [1.82, 2.24) is 20.8 Å². The third kappa shape index (κ3) is 3.34. The second kappa shape index (κ2) is 6.98. The minimum Gasteiger partial charge on any atom is -0.345 e. The van der Waals surface area contributed by atoms with Gasteiger partial charge in [-0.1, -0.05) is 36.5 Å². The van der Waals surface area contributed by atoms with E-state index >= 15 is 0 Å². The number of nitrogens with one attached hydrogen (secondary N) is 2. The molecular formula is C16H20N4OS. The summed E-state index contributed by atoms with van der Waals surface area (Å²) in [6.45, 7) is 4.45. The van der Waals surface area contributed by atoms with Crippen molar-refractivity contribution in [2.24, 2.45) is 0 Å². The van der Waals surface area contributed by atoms with Crippen molar-refractivity contribution < 1.29 is 4.79 Å². The van der Waals surface area contributed by atoms with E-state index in [2.05, 4.69) is 33.8 Å². The van der Waals surface area contributed by atoms with Crippen LogP contribution in [-0.2, 0) is 13.0 Å². The van der Waals surface area contributed by atoms with Gasteiger partial charge in [0.2, 0.25) is 0 Å². The van der Waals surface area contributed by atoms with E-state index in [0.29, 0.717) is 12.5 Å². The molecule has 1 saturated heterocycles. The smallest absolute Gasteiger partial charge is 0.251 e. The monoisotopic (exact) mass is 316 g/mol. The van der Waals surface area contributed by atoms with Crippen LogP contribution in [0.5, 0.6) is 0 Å². The molecule has 0 radical (unpaired) electrons. The highest BCUT2D eigenvalue weighted by Gasteiger charge is 2.22. The summed E-state index contributed by atoms with van der Waals surface area (Å²) >= 11 is 1.55. The Hall–Kier alpha value is -1.79. The molecule has 5 nitrogen and oxygen atoms in total. The zero-order valence-electron chi connectivity index (χ0n) is 12.6. The summed E-state index contributed by atoms with van der Waals surface area (Å²) in [5, 5.41) is 16.3. The van der Waals surface area contributed by atoms with Gasteiger partial charge in [-0.2, -0.15) is 0 Å². The van der Waals surface area contributed by atoms with Gasteiger partial charge >= 0.3 is 0 Å². The maximum atomic E-state index is 12.5. The van der Waals surface area contributed by atoms with Crippen molar-refractivity contribution in [1.29, 1.82) is 0 Å². The molecule has 1 fully saturated rings. The lowest BCUT2D eigenvalue weighted by Gasteiger charge is -2.14. The number of nitrogens with zero attached hydrogens (tertiary/aromatic N) is 2. The second-order valence-corrected chi connectivity index (χ2v) is 6.55. The predicted molar refractivity (Wildman–Crippen MR) is 87.1 cm³/mol. The molecule has 1 atom stereocenters. The summed E-state index contributed by atoms with van der Waals surface area (Å²) in [6.07, 6.45) is 1.96. The molecule has 0 saturated carbocycles. The van der Waals surface area contributed by atoms with Gasteiger partial charge in [0, 0.05) is 12.1 Å². The standard InChI is InChI=1S/C16H20N4OS/c1-2-14-19-20-15(22-14)10-18-16(21)13-6-4-3-5-12(13)11-7-8-17-9-11/h3-6,11,17H,2,7-10H2,1H3,(H,18,21)/t11-/m0/s1.